The Bertz CT molecular complexity index is 6200. The lowest BCUT2D eigenvalue weighted by Gasteiger charge is -2.40. The van der Waals surface area contributed by atoms with E-state index in [-0.39, 0.29) is 34.0 Å². The highest BCUT2D eigenvalue weighted by Gasteiger charge is 2.48. The Kier molecular flexibility index (Phi) is 21.7. The Morgan fingerprint density at radius 3 is 1.19 bits per heavy atom. The number of piperidine rings is 5. The number of aryl methyl sites for hydroxylation is 2. The molecule has 622 valence electrons. The molecule has 0 atom stereocenters. The second-order valence-electron chi connectivity index (χ2n) is 34.1. The van der Waals surface area contributed by atoms with Crippen molar-refractivity contribution in [3.8, 4) is 5.75 Å². The van der Waals surface area contributed by atoms with Crippen LogP contribution in [-0.2, 0) is 84.7 Å². The number of urea groups is 1. The molecule has 0 saturated carbocycles. The van der Waals surface area contributed by atoms with Crippen LogP contribution >= 0.6 is 0 Å². The van der Waals surface area contributed by atoms with Crippen LogP contribution in [-0.4, -0.2) is 123 Å². The Morgan fingerprint density at radius 1 is 0.341 bits per heavy atom. The Hall–Kier alpha value is -12.4. The predicted octanol–water partition coefficient (Wildman–Crippen LogP) is 19.0. The fourth-order valence-corrected chi connectivity index (χ4v) is 20.5. The summed E-state index contributed by atoms with van der Waals surface area (Å²) in [6, 6.07) is 81.4. The van der Waals surface area contributed by atoms with Crippen molar-refractivity contribution in [1.82, 2.24) is 44.8 Å². The number of amides is 2. The highest BCUT2D eigenvalue weighted by Crippen LogP contribution is 2.51. The summed E-state index contributed by atoms with van der Waals surface area (Å²) in [6.45, 7) is 16.6. The van der Waals surface area contributed by atoms with Crippen LogP contribution in [0.5, 0.6) is 5.75 Å². The van der Waals surface area contributed by atoms with Gasteiger partial charge in [0.25, 0.3) is 0 Å². The molecular weight excluding hydrogens is 1530 g/mol. The number of likely N-dealkylation sites (tertiary alicyclic amines) is 1. The quantitative estimate of drug-likeness (QED) is 0.164. The summed E-state index contributed by atoms with van der Waals surface area (Å²) in [5.41, 5.74) is 19.7. The molecule has 5 fully saturated rings. The lowest BCUT2D eigenvalue weighted by Crippen LogP contribution is -2.46. The van der Waals surface area contributed by atoms with Crippen LogP contribution in [0.25, 0.3) is 43.7 Å². The van der Waals surface area contributed by atoms with Gasteiger partial charge in [-0.3, -0.25) is 4.98 Å². The van der Waals surface area contributed by atoms with E-state index in [1.807, 2.05) is 110 Å². The van der Waals surface area contributed by atoms with Gasteiger partial charge >= 0.3 is 6.03 Å². The number of para-hydroxylation sites is 4. The maximum atomic E-state index is 12.5. The van der Waals surface area contributed by atoms with Crippen LogP contribution in [0, 0.1) is 13.8 Å². The van der Waals surface area contributed by atoms with Crippen LogP contribution < -0.4 is 29.7 Å². The van der Waals surface area contributed by atoms with Gasteiger partial charge in [-0.25, -0.2) is 39.7 Å². The van der Waals surface area contributed by atoms with Gasteiger partial charge in [0, 0.05) is 87.3 Å². The molecule has 21 nitrogen and oxygen atoms in total. The first kappa shape index (κ1) is 79.1. The highest BCUT2D eigenvalue weighted by atomic mass is 16.5. The maximum Gasteiger partial charge on any atom is 0.321 e. The number of ether oxygens (including phenoxy) is 6. The smallest absolute Gasteiger partial charge is 0.321 e. The molecule has 14 heterocycles. The third kappa shape index (κ3) is 15.6. The van der Waals surface area contributed by atoms with E-state index in [2.05, 4.69) is 206 Å². The molecule has 10 aliphatic rings. The van der Waals surface area contributed by atoms with Gasteiger partial charge in [0.1, 0.15) is 47.5 Å². The summed E-state index contributed by atoms with van der Waals surface area (Å²) >= 11 is 0. The normalized spacial score (nSPS) is 18.6. The third-order valence-electron chi connectivity index (χ3n) is 27.2. The van der Waals surface area contributed by atoms with Crippen LogP contribution in [0.15, 0.2) is 255 Å². The van der Waals surface area contributed by atoms with Crippen molar-refractivity contribution in [3.63, 3.8) is 0 Å². The van der Waals surface area contributed by atoms with Gasteiger partial charge < -0.3 is 58.2 Å². The molecule has 5 saturated heterocycles. The fraction of sp³-hybridized carbons (Fsp3) is 0.324. The molecule has 14 aromatic rings. The molecule has 1 N–H and O–H groups in total. The maximum absolute atomic E-state index is 12.5. The monoisotopic (exact) mass is 1630 g/mol. The summed E-state index contributed by atoms with van der Waals surface area (Å²) in [4.78, 5) is 60.4. The zero-order valence-electron chi connectivity index (χ0n) is 70.1. The molecule has 21 heteroatoms. The van der Waals surface area contributed by atoms with Crippen molar-refractivity contribution in [2.75, 3.05) is 97.5 Å². The van der Waals surface area contributed by atoms with Gasteiger partial charge in [-0.1, -0.05) is 170 Å². The molecule has 0 radical (unpaired) electrons. The van der Waals surface area contributed by atoms with E-state index < -0.39 is 0 Å². The number of aromatic nitrogens is 8. The minimum Gasteiger partial charge on any atom is -0.497 e. The van der Waals surface area contributed by atoms with Crippen molar-refractivity contribution in [2.24, 2.45) is 0 Å². The summed E-state index contributed by atoms with van der Waals surface area (Å²) < 4.78 is 36.6. The molecule has 0 unspecified atom stereocenters. The van der Waals surface area contributed by atoms with Crippen molar-refractivity contribution in [3.05, 3.63) is 322 Å². The van der Waals surface area contributed by atoms with Gasteiger partial charge in [0.2, 0.25) is 0 Å². The average Bonchev–Trinajstić information content (AvgIpc) is 1.67. The van der Waals surface area contributed by atoms with Gasteiger partial charge in [-0.15, -0.1) is 0 Å². The second kappa shape index (κ2) is 33.8. The highest BCUT2D eigenvalue weighted by molar-refractivity contribution is 5.92. The number of hydrogen-bond donors (Lipinski definition) is 1. The molecule has 0 bridgehead atoms. The first-order valence-corrected chi connectivity index (χ1v) is 43.6. The van der Waals surface area contributed by atoms with Crippen molar-refractivity contribution >= 4 is 78.7 Å². The first-order valence-electron chi connectivity index (χ1n) is 43.6. The molecule has 123 heavy (non-hydrogen) atoms. The van der Waals surface area contributed by atoms with Crippen molar-refractivity contribution in [1.29, 1.82) is 0 Å². The van der Waals surface area contributed by atoms with E-state index in [0.29, 0.717) is 19.7 Å². The Balaban J connectivity index is 0.0000000976. The van der Waals surface area contributed by atoms with E-state index in [4.69, 9.17) is 38.4 Å². The van der Waals surface area contributed by atoms with Crippen LogP contribution in [0.1, 0.15) is 131 Å². The molecule has 2 amide bonds. The van der Waals surface area contributed by atoms with Crippen molar-refractivity contribution < 1.29 is 33.2 Å². The van der Waals surface area contributed by atoms with Crippen molar-refractivity contribution in [2.45, 2.75) is 139 Å². The SMILES string of the molecule is COc1ccc2ncnc(N3CCC4(CC3)OCc3ccccc34)c2c1.Cc1cccc(NC(=O)N2CCC3(CC2)OCc2ccccc23)c1.Cc1nc(N2CCC3(CC2)OCc2ccccc23)c2ccccc2n1.c1ccc2c(c1)COC21CCN(c2cnc3ccccc3n2)CC1.c1ccc2c(c1)COC21CCN(c2ncnc3ccccc23)CC1. The molecular formula is C102H102N14O7. The minimum absolute atomic E-state index is 0.0262. The molecule has 24 rings (SSSR count). The van der Waals surface area contributed by atoms with Gasteiger partial charge in [-0.2, -0.15) is 0 Å². The second-order valence-corrected chi connectivity index (χ2v) is 34.1. The third-order valence-corrected chi connectivity index (χ3v) is 27.2. The number of carbonyl (C=O) groups excluding carboxylic acids is 1. The Labute approximate surface area is 717 Å². The fourth-order valence-electron chi connectivity index (χ4n) is 20.5. The number of nitrogens with zero attached hydrogens (tertiary/aromatic N) is 13. The Morgan fingerprint density at radius 2 is 0.724 bits per heavy atom. The average molecular weight is 1640 g/mol. The lowest BCUT2D eigenvalue weighted by atomic mass is 9.84. The number of nitrogens with one attached hydrogen (secondary N) is 1. The zero-order chi connectivity index (χ0) is 83.0. The van der Waals surface area contributed by atoms with E-state index in [9.17, 15) is 4.79 Å². The summed E-state index contributed by atoms with van der Waals surface area (Å²) in [5, 5.41) is 6.30. The van der Waals surface area contributed by atoms with Crippen LogP contribution in [0.4, 0.5) is 33.8 Å². The van der Waals surface area contributed by atoms with E-state index in [0.717, 1.165) is 233 Å². The topological polar surface area (TPSA) is 204 Å². The molecule has 5 spiro atoms. The van der Waals surface area contributed by atoms with Gasteiger partial charge in [0.15, 0.2) is 0 Å². The number of benzene rings is 10. The predicted molar refractivity (Wildman–Crippen MR) is 481 cm³/mol. The molecule has 10 aromatic carbocycles. The van der Waals surface area contributed by atoms with Crippen LogP contribution in [0.3, 0.4) is 0 Å². The summed E-state index contributed by atoms with van der Waals surface area (Å²) in [7, 11) is 1.68. The summed E-state index contributed by atoms with van der Waals surface area (Å²) in [6.07, 6.45) is 14.9. The minimum atomic E-state index is -0.198. The molecule has 4 aromatic heterocycles. The van der Waals surface area contributed by atoms with E-state index in [1.54, 1.807) is 19.8 Å². The van der Waals surface area contributed by atoms with E-state index in [1.165, 1.54) is 55.6 Å². The van der Waals surface area contributed by atoms with E-state index >= 15 is 0 Å². The first-order chi connectivity index (χ1) is 60.4. The van der Waals surface area contributed by atoms with Crippen LogP contribution in [0.2, 0.25) is 0 Å². The molecule has 0 aliphatic carbocycles. The van der Waals surface area contributed by atoms with Gasteiger partial charge in [0.05, 0.1) is 102 Å². The molecule has 10 aliphatic heterocycles. The number of carbonyl (C=O) groups is 1. The standard InChI is InChI=1S/C21H21N3O2.C21H21N3O.2C20H19N3O.C20H22N2O2/c1-25-16-6-7-19-17(12-16)20(23-14-22-19)24-10-8-21(9-11-24)18-5-3-2-4-15(18)13-26-21;1-15-22-19-9-5-3-7-17(19)20(23-15)24-12-10-21(11-13-24)18-8-4-2-6-16(18)14-25-21;1-3-7-17-15(5-1)13-24-20(17)9-11-23(12-10-20)19-16-6-2-4-8-18(16)21-14-22-19;1-2-6-16-15(5-1)14-24-20(16)9-11-23(12-10-20)19-13-21-17-7-3-4-8-18(17)22-19;1-15-5-4-7-17(13-15)21-19(23)22-11-9-20(10-12-22)18-8-3-2-6-16(18)14-24-20/h2-7,12,14H,8-11,13H2,1H3;2-9H,10-14H2,1H3;1-8,14H,9-13H2;1-8,13H,9-12,14H2;2-8,13H,9-12,14H2,1H3,(H,21,23). The zero-order valence-corrected chi connectivity index (χ0v) is 70.1. The number of fused-ring (bicyclic) bond motifs is 14. The number of methoxy groups -OCH3 is 1. The number of hydrogen-bond acceptors (Lipinski definition) is 19. The lowest BCUT2D eigenvalue weighted by molar-refractivity contribution is -0.0722. The largest absolute Gasteiger partial charge is 0.497 e. The number of rotatable bonds is 6. The number of anilines is 5. The summed E-state index contributed by atoms with van der Waals surface area (Å²) in [5.74, 6) is 5.71. The van der Waals surface area contributed by atoms with Gasteiger partial charge in [-0.05, 0) is 206 Å².